The van der Waals surface area contributed by atoms with Crippen LogP contribution in [0.2, 0.25) is 0 Å². The van der Waals surface area contributed by atoms with Gasteiger partial charge in [-0.3, -0.25) is 0 Å². The molecule has 4 aromatic carbocycles. The summed E-state index contributed by atoms with van der Waals surface area (Å²) in [5, 5.41) is 1.97. The average molecular weight is 474 g/mol. The Morgan fingerprint density at radius 2 is 1.31 bits per heavy atom. The standard InChI is InChI=1S/C31H23NO4/c33-31-32-18-17-24-13-7-8-14-26(24)29(32)30(36-31)25-15-16-27(34-20-22-9-3-1-4-10-22)28(19-25)35-21-23-11-5-2-6-12-23/h1-19H,20-21H2. The van der Waals surface area contributed by atoms with Gasteiger partial charge in [-0.1, -0.05) is 84.9 Å². The number of hydrogen-bond acceptors (Lipinski definition) is 4. The minimum Gasteiger partial charge on any atom is -0.485 e. The van der Waals surface area contributed by atoms with Gasteiger partial charge < -0.3 is 13.9 Å². The van der Waals surface area contributed by atoms with Crippen LogP contribution in [0, 0.1) is 0 Å². The van der Waals surface area contributed by atoms with Crippen molar-refractivity contribution in [3.8, 4) is 22.8 Å². The fourth-order valence-corrected chi connectivity index (χ4v) is 4.33. The van der Waals surface area contributed by atoms with Gasteiger partial charge in [0.1, 0.15) is 18.7 Å². The second-order valence-corrected chi connectivity index (χ2v) is 8.53. The van der Waals surface area contributed by atoms with Gasteiger partial charge in [-0.05, 0) is 40.8 Å². The van der Waals surface area contributed by atoms with Crippen molar-refractivity contribution in [2.75, 3.05) is 0 Å². The largest absolute Gasteiger partial charge is 0.485 e. The summed E-state index contributed by atoms with van der Waals surface area (Å²) in [4.78, 5) is 12.7. The molecule has 6 aromatic rings. The van der Waals surface area contributed by atoms with E-state index in [1.54, 1.807) is 10.6 Å². The van der Waals surface area contributed by atoms with Crippen molar-refractivity contribution in [1.29, 1.82) is 0 Å². The first-order chi connectivity index (χ1) is 17.8. The number of rotatable bonds is 7. The van der Waals surface area contributed by atoms with Crippen LogP contribution in [0.25, 0.3) is 27.6 Å². The van der Waals surface area contributed by atoms with Gasteiger partial charge in [0.2, 0.25) is 0 Å². The fraction of sp³-hybridized carbons (Fsp3) is 0.0645. The summed E-state index contributed by atoms with van der Waals surface area (Å²) in [5.74, 6) is 1.27. The van der Waals surface area contributed by atoms with Crippen LogP contribution in [0.5, 0.6) is 11.5 Å². The van der Waals surface area contributed by atoms with Crippen LogP contribution in [0.3, 0.4) is 0 Å². The highest BCUT2D eigenvalue weighted by Gasteiger charge is 2.18. The predicted octanol–water partition coefficient (Wildman–Crippen LogP) is 6.87. The summed E-state index contributed by atoms with van der Waals surface area (Å²) in [5.41, 5.74) is 3.57. The van der Waals surface area contributed by atoms with Crippen LogP contribution in [0.1, 0.15) is 11.1 Å². The van der Waals surface area contributed by atoms with E-state index in [9.17, 15) is 4.79 Å². The molecular formula is C31H23NO4. The Kier molecular flexibility index (Phi) is 5.72. The molecule has 0 unspecified atom stereocenters. The monoisotopic (exact) mass is 473 g/mol. The summed E-state index contributed by atoms with van der Waals surface area (Å²) in [6, 6.07) is 35.5. The third-order valence-corrected chi connectivity index (χ3v) is 6.14. The first kappa shape index (κ1) is 21.7. The van der Waals surface area contributed by atoms with Gasteiger partial charge in [-0.25, -0.2) is 9.20 Å². The lowest BCUT2D eigenvalue weighted by Gasteiger charge is -2.14. The molecule has 0 saturated heterocycles. The summed E-state index contributed by atoms with van der Waals surface area (Å²) >= 11 is 0. The fourth-order valence-electron chi connectivity index (χ4n) is 4.33. The Labute approximate surface area is 207 Å². The van der Waals surface area contributed by atoms with Crippen molar-refractivity contribution in [2.45, 2.75) is 13.2 Å². The van der Waals surface area contributed by atoms with E-state index in [-0.39, 0.29) is 0 Å². The third-order valence-electron chi connectivity index (χ3n) is 6.14. The normalized spacial score (nSPS) is 11.1. The number of oxazole rings is 1. The second-order valence-electron chi connectivity index (χ2n) is 8.53. The van der Waals surface area contributed by atoms with Crippen molar-refractivity contribution < 1.29 is 13.9 Å². The highest BCUT2D eigenvalue weighted by Crippen LogP contribution is 2.36. The maximum absolute atomic E-state index is 12.7. The van der Waals surface area contributed by atoms with E-state index in [1.807, 2.05) is 109 Å². The molecule has 0 fully saturated rings. The molecule has 0 saturated carbocycles. The molecule has 0 spiro atoms. The predicted molar refractivity (Wildman–Crippen MR) is 140 cm³/mol. The van der Waals surface area contributed by atoms with Gasteiger partial charge in [-0.2, -0.15) is 0 Å². The molecule has 2 heterocycles. The van der Waals surface area contributed by atoms with E-state index < -0.39 is 5.76 Å². The molecule has 5 heteroatoms. The number of pyridine rings is 1. The SMILES string of the molecule is O=c1oc(-c2ccc(OCc3ccccc3)c(OCc3ccccc3)c2)c2c3ccccc3ccn12. The molecule has 0 radical (unpaired) electrons. The molecule has 0 aliphatic rings. The van der Waals surface area contributed by atoms with Crippen LogP contribution in [0.15, 0.2) is 125 Å². The Hall–Kier alpha value is -4.77. The molecule has 0 atom stereocenters. The summed E-state index contributed by atoms with van der Waals surface area (Å²) in [6.07, 6.45) is 1.75. The zero-order valence-corrected chi connectivity index (χ0v) is 19.5. The third kappa shape index (κ3) is 4.23. The maximum Gasteiger partial charge on any atom is 0.424 e. The minimum absolute atomic E-state index is 0.384. The first-order valence-corrected chi connectivity index (χ1v) is 11.8. The van der Waals surface area contributed by atoms with E-state index in [4.69, 9.17) is 13.9 Å². The Morgan fingerprint density at radius 1 is 0.667 bits per heavy atom. The van der Waals surface area contributed by atoms with Crippen LogP contribution < -0.4 is 15.2 Å². The number of aromatic nitrogens is 1. The molecule has 6 rings (SSSR count). The van der Waals surface area contributed by atoms with E-state index in [0.717, 1.165) is 33.0 Å². The van der Waals surface area contributed by atoms with E-state index in [1.165, 1.54) is 0 Å². The quantitative estimate of drug-likeness (QED) is 0.254. The molecule has 2 aromatic heterocycles. The topological polar surface area (TPSA) is 53.1 Å². The van der Waals surface area contributed by atoms with Crippen molar-refractivity contribution in [2.24, 2.45) is 0 Å². The zero-order valence-electron chi connectivity index (χ0n) is 19.5. The van der Waals surface area contributed by atoms with Gasteiger partial charge in [0.05, 0.1) is 0 Å². The highest BCUT2D eigenvalue weighted by molar-refractivity contribution is 6.01. The van der Waals surface area contributed by atoms with E-state index in [2.05, 4.69) is 0 Å². The lowest BCUT2D eigenvalue weighted by molar-refractivity contribution is 0.256. The van der Waals surface area contributed by atoms with E-state index in [0.29, 0.717) is 30.5 Å². The molecule has 0 aliphatic carbocycles. The van der Waals surface area contributed by atoms with Crippen molar-refractivity contribution in [3.05, 3.63) is 137 Å². The van der Waals surface area contributed by atoms with Crippen LogP contribution in [-0.2, 0) is 13.2 Å². The lowest BCUT2D eigenvalue weighted by Crippen LogP contribution is -2.04. The highest BCUT2D eigenvalue weighted by atomic mass is 16.5. The Balaban J connectivity index is 1.42. The Bertz CT molecular complexity index is 1700. The number of ether oxygens (including phenoxy) is 2. The molecule has 0 bridgehead atoms. The minimum atomic E-state index is -0.429. The average Bonchev–Trinajstić information content (AvgIpc) is 3.29. The Morgan fingerprint density at radius 3 is 2.03 bits per heavy atom. The van der Waals surface area contributed by atoms with E-state index >= 15 is 0 Å². The molecule has 0 N–H and O–H groups in total. The molecule has 5 nitrogen and oxygen atoms in total. The number of fused-ring (bicyclic) bond motifs is 3. The van der Waals surface area contributed by atoms with Gasteiger partial charge in [0.15, 0.2) is 17.3 Å². The zero-order chi connectivity index (χ0) is 24.3. The van der Waals surface area contributed by atoms with Crippen molar-refractivity contribution in [1.82, 2.24) is 4.40 Å². The van der Waals surface area contributed by atoms with Crippen LogP contribution in [-0.4, -0.2) is 4.40 Å². The van der Waals surface area contributed by atoms with Gasteiger partial charge in [0, 0.05) is 17.1 Å². The van der Waals surface area contributed by atoms with Gasteiger partial charge >= 0.3 is 5.76 Å². The summed E-state index contributed by atoms with van der Waals surface area (Å²) < 4.78 is 19.7. The van der Waals surface area contributed by atoms with Crippen molar-refractivity contribution in [3.63, 3.8) is 0 Å². The van der Waals surface area contributed by atoms with Crippen LogP contribution >= 0.6 is 0 Å². The lowest BCUT2D eigenvalue weighted by atomic mass is 10.1. The molecule has 0 amide bonds. The van der Waals surface area contributed by atoms with Crippen LogP contribution in [0.4, 0.5) is 0 Å². The summed E-state index contributed by atoms with van der Waals surface area (Å²) in [7, 11) is 0. The molecular weight excluding hydrogens is 450 g/mol. The molecule has 0 aliphatic heterocycles. The van der Waals surface area contributed by atoms with Gasteiger partial charge in [-0.15, -0.1) is 0 Å². The second kappa shape index (κ2) is 9.47. The molecule has 176 valence electrons. The summed E-state index contributed by atoms with van der Waals surface area (Å²) in [6.45, 7) is 0.798. The number of hydrogen-bond donors (Lipinski definition) is 0. The van der Waals surface area contributed by atoms with Crippen molar-refractivity contribution >= 4 is 16.3 Å². The maximum atomic E-state index is 12.7. The number of benzene rings is 4. The smallest absolute Gasteiger partial charge is 0.424 e. The first-order valence-electron chi connectivity index (χ1n) is 11.8. The number of nitrogens with zero attached hydrogens (tertiary/aromatic N) is 1. The molecule has 36 heavy (non-hydrogen) atoms. The van der Waals surface area contributed by atoms with Gasteiger partial charge in [0.25, 0.3) is 0 Å².